The Morgan fingerprint density at radius 2 is 1.77 bits per heavy atom. The van der Waals surface area contributed by atoms with Crippen molar-refractivity contribution in [1.82, 2.24) is 5.32 Å². The molecule has 0 unspecified atom stereocenters. The van der Waals surface area contributed by atoms with Gasteiger partial charge < -0.3 is 14.8 Å². The molecule has 0 bridgehead atoms. The van der Waals surface area contributed by atoms with Crippen molar-refractivity contribution < 1.29 is 19.1 Å². The zero-order valence-electron chi connectivity index (χ0n) is 12.9. The zero-order valence-corrected chi connectivity index (χ0v) is 12.9. The van der Waals surface area contributed by atoms with E-state index in [0.29, 0.717) is 6.61 Å². The van der Waals surface area contributed by atoms with Crippen molar-refractivity contribution in [3.05, 3.63) is 35.9 Å². The maximum Gasteiger partial charge on any atom is 0.407 e. The van der Waals surface area contributed by atoms with Crippen molar-refractivity contribution in [2.75, 3.05) is 6.61 Å². The van der Waals surface area contributed by atoms with Crippen LogP contribution in [-0.4, -0.2) is 24.7 Å². The predicted octanol–water partition coefficient (Wildman–Crippen LogP) is 3.03. The second kappa shape index (κ2) is 8.41. The van der Waals surface area contributed by atoms with Gasteiger partial charge in [0.25, 0.3) is 0 Å². The van der Waals surface area contributed by atoms with Gasteiger partial charge in [-0.25, -0.2) is 4.79 Å². The second-order valence-electron chi connectivity index (χ2n) is 5.51. The Morgan fingerprint density at radius 1 is 1.09 bits per heavy atom. The van der Waals surface area contributed by atoms with Crippen LogP contribution in [0.2, 0.25) is 0 Å². The molecular weight excluding hydrogens is 282 g/mol. The Kier molecular flexibility index (Phi) is 6.25. The number of hydrogen-bond donors (Lipinski definition) is 1. The highest BCUT2D eigenvalue weighted by molar-refractivity contribution is 5.72. The summed E-state index contributed by atoms with van der Waals surface area (Å²) in [4.78, 5) is 23.4. The number of carbonyl (C=O) groups excluding carboxylic acids is 2. The van der Waals surface area contributed by atoms with Crippen LogP contribution in [0.4, 0.5) is 4.79 Å². The Hall–Kier alpha value is -2.04. The maximum absolute atomic E-state index is 11.8. The van der Waals surface area contributed by atoms with Crippen LogP contribution in [0.25, 0.3) is 0 Å². The van der Waals surface area contributed by atoms with Gasteiger partial charge in [0.2, 0.25) is 0 Å². The normalized spacial score (nSPS) is 21.0. The number of ether oxygens (including phenoxy) is 2. The van der Waals surface area contributed by atoms with E-state index < -0.39 is 6.09 Å². The molecule has 5 heteroatoms. The number of alkyl carbamates (subject to hydrolysis) is 1. The highest BCUT2D eigenvalue weighted by atomic mass is 16.5. The molecule has 1 aliphatic rings. The average Bonchev–Trinajstić information content (AvgIpc) is 2.55. The quantitative estimate of drug-likeness (QED) is 0.849. The summed E-state index contributed by atoms with van der Waals surface area (Å²) in [6.07, 6.45) is 2.67. The van der Waals surface area contributed by atoms with E-state index in [0.717, 1.165) is 31.2 Å². The molecule has 1 saturated carbocycles. The Bertz CT molecular complexity index is 481. The van der Waals surface area contributed by atoms with Crippen molar-refractivity contribution >= 4 is 12.1 Å². The number of carbonyl (C=O) groups is 2. The van der Waals surface area contributed by atoms with E-state index >= 15 is 0 Å². The lowest BCUT2D eigenvalue weighted by atomic mass is 9.86. The third-order valence-electron chi connectivity index (χ3n) is 3.88. The van der Waals surface area contributed by atoms with E-state index in [2.05, 4.69) is 5.32 Å². The van der Waals surface area contributed by atoms with Gasteiger partial charge in [-0.05, 0) is 38.2 Å². The zero-order chi connectivity index (χ0) is 15.8. The van der Waals surface area contributed by atoms with Gasteiger partial charge in [-0.1, -0.05) is 30.3 Å². The van der Waals surface area contributed by atoms with Crippen molar-refractivity contribution in [2.24, 2.45) is 5.92 Å². The monoisotopic (exact) mass is 305 g/mol. The smallest absolute Gasteiger partial charge is 0.407 e. The molecule has 0 spiro atoms. The lowest BCUT2D eigenvalue weighted by Gasteiger charge is -2.27. The van der Waals surface area contributed by atoms with E-state index in [1.807, 2.05) is 37.3 Å². The molecule has 1 fully saturated rings. The Labute approximate surface area is 131 Å². The van der Waals surface area contributed by atoms with Gasteiger partial charge in [0, 0.05) is 6.04 Å². The predicted molar refractivity (Wildman–Crippen MR) is 82.1 cm³/mol. The van der Waals surface area contributed by atoms with Gasteiger partial charge in [-0.3, -0.25) is 4.79 Å². The molecule has 0 aliphatic heterocycles. The Morgan fingerprint density at radius 3 is 2.41 bits per heavy atom. The SMILES string of the molecule is CCOC(=O)C1CCC(NC(=O)OCc2ccccc2)CC1. The maximum atomic E-state index is 11.8. The molecule has 1 aromatic carbocycles. The van der Waals surface area contributed by atoms with Crippen LogP contribution in [0.1, 0.15) is 38.2 Å². The van der Waals surface area contributed by atoms with E-state index in [-0.39, 0.29) is 24.5 Å². The number of esters is 1. The molecule has 0 atom stereocenters. The summed E-state index contributed by atoms with van der Waals surface area (Å²) in [5.41, 5.74) is 0.962. The van der Waals surface area contributed by atoms with E-state index in [9.17, 15) is 9.59 Å². The first kappa shape index (κ1) is 16.3. The molecule has 0 aromatic heterocycles. The Balaban J connectivity index is 1.67. The summed E-state index contributed by atoms with van der Waals surface area (Å²) >= 11 is 0. The molecule has 0 saturated heterocycles. The summed E-state index contributed by atoms with van der Waals surface area (Å²) in [7, 11) is 0. The third-order valence-corrected chi connectivity index (χ3v) is 3.88. The number of rotatable bonds is 5. The van der Waals surface area contributed by atoms with Crippen LogP contribution in [-0.2, 0) is 20.9 Å². The van der Waals surface area contributed by atoms with Gasteiger partial charge in [-0.15, -0.1) is 0 Å². The van der Waals surface area contributed by atoms with Crippen molar-refractivity contribution in [2.45, 2.75) is 45.3 Å². The molecule has 5 nitrogen and oxygen atoms in total. The minimum atomic E-state index is -0.400. The highest BCUT2D eigenvalue weighted by Crippen LogP contribution is 2.25. The van der Waals surface area contributed by atoms with E-state index in [1.54, 1.807) is 0 Å². The topological polar surface area (TPSA) is 64.6 Å². The molecule has 1 aliphatic carbocycles. The molecular formula is C17H23NO4. The molecule has 0 heterocycles. The summed E-state index contributed by atoms with van der Waals surface area (Å²) in [6.45, 7) is 2.50. The van der Waals surface area contributed by atoms with Gasteiger partial charge in [0.15, 0.2) is 0 Å². The summed E-state index contributed by atoms with van der Waals surface area (Å²) in [5, 5.41) is 2.87. The largest absolute Gasteiger partial charge is 0.466 e. The van der Waals surface area contributed by atoms with Crippen LogP contribution in [0.3, 0.4) is 0 Å². The fourth-order valence-electron chi connectivity index (χ4n) is 2.67. The summed E-state index contributed by atoms with van der Waals surface area (Å²) < 4.78 is 10.2. The first-order chi connectivity index (χ1) is 10.7. The number of nitrogens with one attached hydrogen (secondary N) is 1. The van der Waals surface area contributed by atoms with Gasteiger partial charge in [0.05, 0.1) is 12.5 Å². The molecule has 1 aromatic rings. The van der Waals surface area contributed by atoms with Crippen molar-refractivity contribution in [3.63, 3.8) is 0 Å². The standard InChI is InChI=1S/C17H23NO4/c1-2-21-16(19)14-8-10-15(11-9-14)18-17(20)22-12-13-6-4-3-5-7-13/h3-7,14-15H,2,8-12H2,1H3,(H,18,20). The fraction of sp³-hybridized carbons (Fsp3) is 0.529. The lowest BCUT2D eigenvalue weighted by molar-refractivity contribution is -0.149. The van der Waals surface area contributed by atoms with Crippen LogP contribution in [0.15, 0.2) is 30.3 Å². The number of amides is 1. The second-order valence-corrected chi connectivity index (χ2v) is 5.51. The average molecular weight is 305 g/mol. The molecule has 22 heavy (non-hydrogen) atoms. The lowest BCUT2D eigenvalue weighted by Crippen LogP contribution is -2.39. The molecule has 0 radical (unpaired) electrons. The van der Waals surface area contributed by atoms with Crippen LogP contribution in [0, 0.1) is 5.92 Å². The first-order valence-corrected chi connectivity index (χ1v) is 7.83. The van der Waals surface area contributed by atoms with Crippen LogP contribution in [0.5, 0.6) is 0 Å². The minimum absolute atomic E-state index is 0.0293. The number of benzene rings is 1. The van der Waals surface area contributed by atoms with Crippen molar-refractivity contribution in [3.8, 4) is 0 Å². The molecule has 120 valence electrons. The molecule has 1 amide bonds. The first-order valence-electron chi connectivity index (χ1n) is 7.83. The van der Waals surface area contributed by atoms with Gasteiger partial charge in [0.1, 0.15) is 6.61 Å². The van der Waals surface area contributed by atoms with E-state index in [1.165, 1.54) is 0 Å². The number of hydrogen-bond acceptors (Lipinski definition) is 4. The minimum Gasteiger partial charge on any atom is -0.466 e. The third kappa shape index (κ3) is 5.06. The van der Waals surface area contributed by atoms with Crippen LogP contribution < -0.4 is 5.32 Å². The van der Waals surface area contributed by atoms with E-state index in [4.69, 9.17) is 9.47 Å². The van der Waals surface area contributed by atoms with Crippen molar-refractivity contribution in [1.29, 1.82) is 0 Å². The fourth-order valence-corrected chi connectivity index (χ4v) is 2.67. The van der Waals surface area contributed by atoms with Gasteiger partial charge in [-0.2, -0.15) is 0 Å². The molecule has 1 N–H and O–H groups in total. The summed E-state index contributed by atoms with van der Waals surface area (Å²) in [6, 6.07) is 9.65. The van der Waals surface area contributed by atoms with Crippen LogP contribution >= 0.6 is 0 Å². The molecule has 2 rings (SSSR count). The summed E-state index contributed by atoms with van der Waals surface area (Å²) in [5.74, 6) is -0.147. The van der Waals surface area contributed by atoms with Gasteiger partial charge >= 0.3 is 12.1 Å². The highest BCUT2D eigenvalue weighted by Gasteiger charge is 2.28.